The Balaban J connectivity index is 2.15. The van der Waals surface area contributed by atoms with Crippen LogP contribution in [0, 0.1) is 13.8 Å². The average molecular weight is 367 g/mol. The summed E-state index contributed by atoms with van der Waals surface area (Å²) in [6.45, 7) is 4.95. The van der Waals surface area contributed by atoms with E-state index in [-0.39, 0.29) is 35.1 Å². The van der Waals surface area contributed by atoms with E-state index in [0.717, 1.165) is 11.8 Å². The van der Waals surface area contributed by atoms with Gasteiger partial charge in [0.25, 0.3) is 5.91 Å². The molecular weight excluding hydrogens is 350 g/mol. The van der Waals surface area contributed by atoms with E-state index in [2.05, 4.69) is 20.5 Å². The quantitative estimate of drug-likeness (QED) is 0.484. The number of thioether (sulfide) groups is 1. The molecule has 0 aliphatic rings. The Morgan fingerprint density at radius 2 is 2.04 bits per heavy atom. The summed E-state index contributed by atoms with van der Waals surface area (Å²) in [6.07, 6.45) is 0. The Hall–Kier alpha value is -2.82. The van der Waals surface area contributed by atoms with Crippen molar-refractivity contribution in [1.29, 1.82) is 0 Å². The first-order valence-electron chi connectivity index (χ1n) is 7.25. The van der Waals surface area contributed by atoms with Crippen molar-refractivity contribution in [3.05, 3.63) is 22.7 Å². The normalized spacial score (nSPS) is 10.5. The van der Waals surface area contributed by atoms with Crippen LogP contribution in [0.4, 0.5) is 5.88 Å². The van der Waals surface area contributed by atoms with Gasteiger partial charge in [-0.05, 0) is 20.8 Å². The third kappa shape index (κ3) is 4.38. The number of amides is 2. The number of nitrogens with zero attached hydrogens (tertiary/aromatic N) is 2. The number of anilines is 1. The molecular formula is C14H17N5O5S. The molecule has 10 nitrogen and oxygen atoms in total. The molecule has 0 spiro atoms. The fraction of sp³-hybridized carbons (Fsp3) is 0.357. The van der Waals surface area contributed by atoms with Crippen LogP contribution >= 0.6 is 11.8 Å². The Morgan fingerprint density at radius 3 is 2.60 bits per heavy atom. The van der Waals surface area contributed by atoms with Gasteiger partial charge in [0.05, 0.1) is 12.4 Å². The van der Waals surface area contributed by atoms with E-state index in [1.807, 2.05) is 0 Å². The standard InChI is InChI=1S/C14H17N5O5S/c1-4-23-13(22)9-6(2)24-12(10(9)11(15)21)17-8(20)5-25-14-16-7(3)18-19-14/h4-5H2,1-3H3,(H2,15,21)(H,17,20)(H,16,18,19). The van der Waals surface area contributed by atoms with Gasteiger partial charge in [-0.1, -0.05) is 11.8 Å². The highest BCUT2D eigenvalue weighted by atomic mass is 32.2. The largest absolute Gasteiger partial charge is 0.462 e. The number of carbonyl (C=O) groups excluding carboxylic acids is 3. The molecule has 0 aliphatic carbocycles. The molecule has 2 rings (SSSR count). The van der Waals surface area contributed by atoms with E-state index in [4.69, 9.17) is 14.9 Å². The summed E-state index contributed by atoms with van der Waals surface area (Å²) in [6, 6.07) is 0. The number of aromatic amines is 1. The maximum atomic E-state index is 12.1. The van der Waals surface area contributed by atoms with Crippen molar-refractivity contribution in [2.45, 2.75) is 25.9 Å². The van der Waals surface area contributed by atoms with Gasteiger partial charge in [0.15, 0.2) is 0 Å². The molecule has 2 heterocycles. The van der Waals surface area contributed by atoms with Crippen molar-refractivity contribution in [1.82, 2.24) is 15.2 Å². The molecule has 0 aliphatic heterocycles. The van der Waals surface area contributed by atoms with Gasteiger partial charge in [-0.2, -0.15) is 0 Å². The molecule has 0 saturated carbocycles. The van der Waals surface area contributed by atoms with Gasteiger partial charge in [-0.3, -0.25) is 20.0 Å². The third-order valence-corrected chi connectivity index (χ3v) is 3.82. The number of nitrogens with one attached hydrogen (secondary N) is 2. The van der Waals surface area contributed by atoms with Gasteiger partial charge in [0, 0.05) is 0 Å². The number of H-pyrrole nitrogens is 1. The van der Waals surface area contributed by atoms with Crippen molar-refractivity contribution >= 4 is 35.4 Å². The molecule has 134 valence electrons. The summed E-state index contributed by atoms with van der Waals surface area (Å²) in [4.78, 5) is 39.8. The van der Waals surface area contributed by atoms with Crippen LogP contribution in [-0.4, -0.2) is 45.3 Å². The van der Waals surface area contributed by atoms with Gasteiger partial charge >= 0.3 is 5.97 Å². The zero-order chi connectivity index (χ0) is 18.6. The van der Waals surface area contributed by atoms with E-state index < -0.39 is 17.8 Å². The van der Waals surface area contributed by atoms with Crippen molar-refractivity contribution in [3.63, 3.8) is 0 Å². The summed E-state index contributed by atoms with van der Waals surface area (Å²) in [5.41, 5.74) is 5.00. The number of carbonyl (C=O) groups is 3. The molecule has 25 heavy (non-hydrogen) atoms. The lowest BCUT2D eigenvalue weighted by Crippen LogP contribution is -2.21. The van der Waals surface area contributed by atoms with Gasteiger partial charge in [-0.25, -0.2) is 9.78 Å². The lowest BCUT2D eigenvalue weighted by molar-refractivity contribution is -0.113. The number of hydrogen-bond acceptors (Lipinski definition) is 8. The maximum absolute atomic E-state index is 12.1. The highest BCUT2D eigenvalue weighted by Gasteiger charge is 2.29. The van der Waals surface area contributed by atoms with Crippen LogP contribution < -0.4 is 11.1 Å². The number of aromatic nitrogens is 3. The van der Waals surface area contributed by atoms with Gasteiger partial charge in [0.1, 0.15) is 22.7 Å². The van der Waals surface area contributed by atoms with Crippen LogP contribution in [0.25, 0.3) is 0 Å². The Kier molecular flexibility index (Phi) is 5.80. The van der Waals surface area contributed by atoms with Crippen LogP contribution in [0.15, 0.2) is 9.57 Å². The van der Waals surface area contributed by atoms with Gasteiger partial charge < -0.3 is 14.9 Å². The Morgan fingerprint density at radius 1 is 1.32 bits per heavy atom. The topological polar surface area (TPSA) is 153 Å². The summed E-state index contributed by atoms with van der Waals surface area (Å²) in [7, 11) is 0. The van der Waals surface area contributed by atoms with Crippen LogP contribution in [-0.2, 0) is 9.53 Å². The van der Waals surface area contributed by atoms with Gasteiger partial charge in [0.2, 0.25) is 16.9 Å². The zero-order valence-electron chi connectivity index (χ0n) is 13.8. The van der Waals surface area contributed by atoms with E-state index in [1.54, 1.807) is 13.8 Å². The van der Waals surface area contributed by atoms with E-state index in [1.165, 1.54) is 6.92 Å². The first-order chi connectivity index (χ1) is 11.8. The SMILES string of the molecule is CCOC(=O)c1c(C)oc(NC(=O)CSc2n[nH]c(C)n2)c1C(N)=O. The second-order valence-electron chi connectivity index (χ2n) is 4.86. The number of hydrogen-bond donors (Lipinski definition) is 3. The summed E-state index contributed by atoms with van der Waals surface area (Å²) in [5.74, 6) is -1.59. The predicted molar refractivity (Wildman–Crippen MR) is 88.4 cm³/mol. The zero-order valence-corrected chi connectivity index (χ0v) is 14.7. The van der Waals surface area contributed by atoms with E-state index in [9.17, 15) is 14.4 Å². The van der Waals surface area contributed by atoms with Crippen molar-refractivity contribution in [2.75, 3.05) is 17.7 Å². The number of primary amides is 1. The second kappa shape index (κ2) is 7.83. The Bertz CT molecular complexity index is 813. The molecule has 2 aromatic rings. The van der Waals surface area contributed by atoms with E-state index >= 15 is 0 Å². The highest BCUT2D eigenvalue weighted by molar-refractivity contribution is 7.99. The molecule has 0 saturated heterocycles. The highest BCUT2D eigenvalue weighted by Crippen LogP contribution is 2.28. The number of furan rings is 1. The number of aryl methyl sites for hydroxylation is 2. The first-order valence-corrected chi connectivity index (χ1v) is 8.24. The van der Waals surface area contributed by atoms with Gasteiger partial charge in [-0.15, -0.1) is 5.10 Å². The molecule has 0 atom stereocenters. The molecule has 2 amide bonds. The average Bonchev–Trinajstić information content (AvgIpc) is 3.08. The number of nitrogens with two attached hydrogens (primary N) is 1. The molecule has 11 heteroatoms. The summed E-state index contributed by atoms with van der Waals surface area (Å²) >= 11 is 1.09. The van der Waals surface area contributed by atoms with Crippen LogP contribution in [0.3, 0.4) is 0 Å². The third-order valence-electron chi connectivity index (χ3n) is 2.97. The predicted octanol–water partition coefficient (Wildman–Crippen LogP) is 1.02. The fourth-order valence-electron chi connectivity index (χ4n) is 2.00. The first kappa shape index (κ1) is 18.5. The fourth-order valence-corrected chi connectivity index (χ4v) is 2.64. The van der Waals surface area contributed by atoms with E-state index in [0.29, 0.717) is 11.0 Å². The number of rotatable bonds is 7. The molecule has 4 N–H and O–H groups in total. The Labute approximate surface area is 146 Å². The maximum Gasteiger partial charge on any atom is 0.342 e. The molecule has 0 unspecified atom stereocenters. The molecule has 2 aromatic heterocycles. The second-order valence-corrected chi connectivity index (χ2v) is 5.80. The molecule has 0 bridgehead atoms. The minimum Gasteiger partial charge on any atom is -0.462 e. The van der Waals surface area contributed by atoms with Crippen molar-refractivity contribution in [3.8, 4) is 0 Å². The van der Waals surface area contributed by atoms with Crippen LogP contribution in [0.5, 0.6) is 0 Å². The van der Waals surface area contributed by atoms with Crippen molar-refractivity contribution in [2.24, 2.45) is 5.73 Å². The lowest BCUT2D eigenvalue weighted by atomic mass is 10.1. The number of esters is 1. The van der Waals surface area contributed by atoms with Crippen molar-refractivity contribution < 1.29 is 23.5 Å². The smallest absolute Gasteiger partial charge is 0.342 e. The summed E-state index contributed by atoms with van der Waals surface area (Å²) in [5, 5.41) is 9.38. The molecule has 0 radical (unpaired) electrons. The van der Waals surface area contributed by atoms with Crippen LogP contribution in [0.2, 0.25) is 0 Å². The molecule has 0 fully saturated rings. The van der Waals surface area contributed by atoms with Crippen LogP contribution in [0.1, 0.15) is 39.2 Å². The monoisotopic (exact) mass is 367 g/mol. The lowest BCUT2D eigenvalue weighted by Gasteiger charge is -2.04. The number of ether oxygens (including phenoxy) is 1. The minimum absolute atomic E-state index is 0.0238. The molecule has 0 aromatic carbocycles. The minimum atomic E-state index is -0.910. The summed E-state index contributed by atoms with van der Waals surface area (Å²) < 4.78 is 10.2.